The number of hydrogen-bond acceptors (Lipinski definition) is 7. The van der Waals surface area contributed by atoms with Gasteiger partial charge in [-0.2, -0.15) is 0 Å². The maximum Gasteiger partial charge on any atom is 0.260 e. The second-order valence-corrected chi connectivity index (χ2v) is 10.6. The summed E-state index contributed by atoms with van der Waals surface area (Å²) in [6.45, 7) is 7.85. The van der Waals surface area contributed by atoms with Crippen LogP contribution in [0.15, 0.2) is 45.9 Å². The van der Waals surface area contributed by atoms with E-state index in [0.29, 0.717) is 5.39 Å². The summed E-state index contributed by atoms with van der Waals surface area (Å²) in [6, 6.07) is 10.7. The SMILES string of the molecule is CC(c1nc2scc(-c3cccs3)c2c(=O)[nH]1)N1CCN(Cc2ccc3c(c2)CCO3)CC1. The number of ether oxygens (including phenoxy) is 1. The highest BCUT2D eigenvalue weighted by molar-refractivity contribution is 7.18. The number of fused-ring (bicyclic) bond motifs is 2. The fraction of sp³-hybridized carbons (Fsp3) is 0.360. The molecular formula is C25H26N4O2S2. The highest BCUT2D eigenvalue weighted by Gasteiger charge is 2.25. The predicted molar refractivity (Wildman–Crippen MR) is 134 cm³/mol. The van der Waals surface area contributed by atoms with E-state index in [9.17, 15) is 4.79 Å². The molecule has 0 spiro atoms. The zero-order chi connectivity index (χ0) is 22.4. The highest BCUT2D eigenvalue weighted by Crippen LogP contribution is 2.34. The second kappa shape index (κ2) is 8.68. The van der Waals surface area contributed by atoms with Gasteiger partial charge in [0.25, 0.3) is 5.56 Å². The van der Waals surface area contributed by atoms with Gasteiger partial charge in [-0.25, -0.2) is 4.98 Å². The van der Waals surface area contributed by atoms with Gasteiger partial charge in [0.2, 0.25) is 0 Å². The van der Waals surface area contributed by atoms with E-state index in [2.05, 4.69) is 51.4 Å². The van der Waals surface area contributed by atoms with Crippen molar-refractivity contribution in [2.75, 3.05) is 32.8 Å². The number of hydrogen-bond donors (Lipinski definition) is 1. The Kier molecular flexibility index (Phi) is 5.54. The summed E-state index contributed by atoms with van der Waals surface area (Å²) in [6.07, 6.45) is 1.02. The van der Waals surface area contributed by atoms with Crippen LogP contribution in [0.5, 0.6) is 5.75 Å². The van der Waals surface area contributed by atoms with Crippen molar-refractivity contribution in [2.45, 2.75) is 25.9 Å². The molecule has 2 aliphatic rings. The Labute approximate surface area is 200 Å². The van der Waals surface area contributed by atoms with Gasteiger partial charge >= 0.3 is 0 Å². The lowest BCUT2D eigenvalue weighted by Crippen LogP contribution is -2.47. The Balaban J connectivity index is 1.14. The molecule has 1 atom stereocenters. The van der Waals surface area contributed by atoms with Crippen molar-refractivity contribution in [1.29, 1.82) is 0 Å². The summed E-state index contributed by atoms with van der Waals surface area (Å²) in [5.41, 5.74) is 3.65. The monoisotopic (exact) mass is 478 g/mol. The molecule has 5 heterocycles. The molecule has 2 aliphatic heterocycles. The van der Waals surface area contributed by atoms with Gasteiger partial charge in [-0.3, -0.25) is 14.6 Å². The average molecular weight is 479 g/mol. The minimum Gasteiger partial charge on any atom is -0.493 e. The quantitative estimate of drug-likeness (QED) is 0.457. The maximum atomic E-state index is 13.0. The van der Waals surface area contributed by atoms with Crippen molar-refractivity contribution in [2.24, 2.45) is 0 Å². The molecule has 0 amide bonds. The summed E-state index contributed by atoms with van der Waals surface area (Å²) < 4.78 is 5.63. The minimum absolute atomic E-state index is 0.0364. The number of thiophene rings is 2. The third-order valence-corrected chi connectivity index (χ3v) is 8.53. The fourth-order valence-electron chi connectivity index (χ4n) is 4.85. The molecule has 1 unspecified atom stereocenters. The van der Waals surface area contributed by atoms with Crippen LogP contribution in [0, 0.1) is 0 Å². The molecule has 0 bridgehead atoms. The number of nitrogens with zero attached hydrogens (tertiary/aromatic N) is 3. The van der Waals surface area contributed by atoms with Crippen LogP contribution < -0.4 is 10.3 Å². The van der Waals surface area contributed by atoms with Crippen LogP contribution in [-0.2, 0) is 13.0 Å². The maximum absolute atomic E-state index is 13.0. The van der Waals surface area contributed by atoms with Crippen molar-refractivity contribution in [1.82, 2.24) is 19.8 Å². The minimum atomic E-state index is -0.0364. The number of H-pyrrole nitrogens is 1. The third-order valence-electron chi connectivity index (χ3n) is 6.76. The summed E-state index contributed by atoms with van der Waals surface area (Å²) in [5.74, 6) is 1.81. The number of aromatic nitrogens is 2. The van der Waals surface area contributed by atoms with Gasteiger partial charge in [-0.15, -0.1) is 22.7 Å². The first-order valence-electron chi connectivity index (χ1n) is 11.4. The molecule has 0 saturated carbocycles. The largest absolute Gasteiger partial charge is 0.493 e. The van der Waals surface area contributed by atoms with Crippen LogP contribution in [0.4, 0.5) is 0 Å². The first-order valence-corrected chi connectivity index (χ1v) is 13.2. The number of benzene rings is 1. The molecule has 0 radical (unpaired) electrons. The van der Waals surface area contributed by atoms with E-state index in [4.69, 9.17) is 9.72 Å². The molecule has 1 aromatic carbocycles. The molecule has 33 heavy (non-hydrogen) atoms. The first kappa shape index (κ1) is 21.0. The average Bonchev–Trinajstić information content (AvgIpc) is 3.59. The summed E-state index contributed by atoms with van der Waals surface area (Å²) in [5, 5.41) is 4.80. The molecule has 0 aliphatic carbocycles. The standard InChI is InChI=1S/C25H26N4O2S2/c1-16(23-26-24(30)22-19(15-33-25(22)27-23)21-3-2-12-32-21)29-9-7-28(8-10-29)14-17-4-5-20-18(13-17)6-11-31-20/h2-5,12-13,15-16H,6-11,14H2,1H3,(H,26,27,30). The molecule has 4 aromatic rings. The van der Waals surface area contributed by atoms with Crippen LogP contribution >= 0.6 is 22.7 Å². The molecule has 1 fully saturated rings. The van der Waals surface area contributed by atoms with Crippen molar-refractivity contribution >= 4 is 32.9 Å². The first-order chi connectivity index (χ1) is 16.2. The Morgan fingerprint density at radius 3 is 2.88 bits per heavy atom. The number of rotatable bonds is 5. The van der Waals surface area contributed by atoms with E-state index < -0.39 is 0 Å². The van der Waals surface area contributed by atoms with E-state index in [0.717, 1.165) is 72.6 Å². The number of piperazine rings is 1. The number of aromatic amines is 1. The van der Waals surface area contributed by atoms with Gasteiger partial charge in [0.15, 0.2) is 0 Å². The lowest BCUT2D eigenvalue weighted by Gasteiger charge is -2.37. The molecule has 6 rings (SSSR count). The second-order valence-electron chi connectivity index (χ2n) is 8.79. The molecule has 8 heteroatoms. The van der Waals surface area contributed by atoms with Crippen LogP contribution in [0.2, 0.25) is 0 Å². The van der Waals surface area contributed by atoms with Crippen LogP contribution in [0.25, 0.3) is 20.7 Å². The molecular weight excluding hydrogens is 452 g/mol. The van der Waals surface area contributed by atoms with Gasteiger partial charge in [-0.1, -0.05) is 18.2 Å². The third kappa shape index (κ3) is 4.01. The van der Waals surface area contributed by atoms with E-state index in [1.807, 2.05) is 11.4 Å². The molecule has 1 saturated heterocycles. The van der Waals surface area contributed by atoms with E-state index in [-0.39, 0.29) is 11.6 Å². The summed E-state index contributed by atoms with van der Waals surface area (Å²) in [4.78, 5) is 27.8. The Morgan fingerprint density at radius 1 is 1.18 bits per heavy atom. The summed E-state index contributed by atoms with van der Waals surface area (Å²) >= 11 is 3.21. The van der Waals surface area contributed by atoms with Crippen LogP contribution in [0.1, 0.15) is 29.9 Å². The van der Waals surface area contributed by atoms with Gasteiger partial charge in [-0.05, 0) is 35.6 Å². The van der Waals surface area contributed by atoms with Gasteiger partial charge in [0, 0.05) is 55.0 Å². The lowest BCUT2D eigenvalue weighted by molar-refractivity contribution is 0.0948. The predicted octanol–water partition coefficient (Wildman–Crippen LogP) is 4.53. The highest BCUT2D eigenvalue weighted by atomic mass is 32.1. The Hall–Kier alpha value is -2.52. The van der Waals surface area contributed by atoms with E-state index in [1.54, 1.807) is 22.7 Å². The van der Waals surface area contributed by atoms with E-state index >= 15 is 0 Å². The topological polar surface area (TPSA) is 61.5 Å². The van der Waals surface area contributed by atoms with Gasteiger partial charge in [0.1, 0.15) is 16.4 Å². The molecule has 6 nitrogen and oxygen atoms in total. The molecule has 170 valence electrons. The zero-order valence-corrected chi connectivity index (χ0v) is 20.2. The Morgan fingerprint density at radius 2 is 2.06 bits per heavy atom. The Bertz CT molecular complexity index is 1340. The smallest absolute Gasteiger partial charge is 0.260 e. The van der Waals surface area contributed by atoms with Crippen LogP contribution in [-0.4, -0.2) is 52.6 Å². The lowest BCUT2D eigenvalue weighted by atomic mass is 10.1. The van der Waals surface area contributed by atoms with E-state index in [1.165, 1.54) is 11.1 Å². The molecule has 1 N–H and O–H groups in total. The fourth-order valence-corrected chi connectivity index (χ4v) is 6.62. The van der Waals surface area contributed by atoms with Crippen molar-refractivity contribution in [3.8, 4) is 16.2 Å². The van der Waals surface area contributed by atoms with Crippen molar-refractivity contribution in [3.63, 3.8) is 0 Å². The van der Waals surface area contributed by atoms with Gasteiger partial charge in [0.05, 0.1) is 18.0 Å². The van der Waals surface area contributed by atoms with Crippen molar-refractivity contribution < 1.29 is 4.74 Å². The normalized spacial score (nSPS) is 17.8. The van der Waals surface area contributed by atoms with Crippen LogP contribution in [0.3, 0.4) is 0 Å². The summed E-state index contributed by atoms with van der Waals surface area (Å²) in [7, 11) is 0. The number of nitrogens with one attached hydrogen (secondary N) is 1. The van der Waals surface area contributed by atoms with Gasteiger partial charge < -0.3 is 9.72 Å². The zero-order valence-electron chi connectivity index (χ0n) is 18.5. The molecule has 3 aromatic heterocycles. The van der Waals surface area contributed by atoms with Crippen molar-refractivity contribution in [3.05, 3.63) is 68.4 Å².